The van der Waals surface area contributed by atoms with Crippen LogP contribution in [-0.4, -0.2) is 24.2 Å². The molecule has 0 fully saturated rings. The number of fused-ring (bicyclic) bond motifs is 1. The van der Waals surface area contributed by atoms with Gasteiger partial charge in [-0.1, -0.05) is 23.7 Å². The van der Waals surface area contributed by atoms with E-state index < -0.39 is 5.91 Å². The van der Waals surface area contributed by atoms with Crippen molar-refractivity contribution in [2.75, 3.05) is 11.9 Å². The molecule has 0 spiro atoms. The smallest absolute Gasteiger partial charge is 0.219 e. The van der Waals surface area contributed by atoms with Crippen LogP contribution < -0.4 is 11.1 Å². The summed E-state index contributed by atoms with van der Waals surface area (Å²) in [7, 11) is 0. The average Bonchev–Trinajstić information content (AvgIpc) is 2.66. The van der Waals surface area contributed by atoms with E-state index in [0.29, 0.717) is 28.4 Å². The number of anilines is 1. The van der Waals surface area contributed by atoms with Gasteiger partial charge in [-0.3, -0.25) is 9.79 Å². The van der Waals surface area contributed by atoms with Crippen LogP contribution in [0.2, 0.25) is 5.02 Å². The monoisotopic (exact) mass is 331 g/mol. The van der Waals surface area contributed by atoms with Crippen LogP contribution in [0.1, 0.15) is 17.5 Å². The topological polar surface area (TPSA) is 67.5 Å². The molecule has 0 aliphatic carbocycles. The number of nitrogens with two attached hydrogens (primary N) is 1. The molecule has 3 N–H and O–H groups in total. The lowest BCUT2D eigenvalue weighted by Crippen LogP contribution is -2.28. The van der Waals surface area contributed by atoms with E-state index in [-0.39, 0.29) is 18.3 Å². The number of aliphatic imine (C=N–C) groups is 1. The minimum Gasteiger partial charge on any atom is -0.379 e. The lowest BCUT2D eigenvalue weighted by atomic mass is 10.00. The number of primary amides is 1. The maximum Gasteiger partial charge on any atom is 0.219 e. The Kier molecular flexibility index (Phi) is 4.30. The SMILES string of the molecule is NC(=O)CC1CN=C(c2ccccc2F)c2cc(Cl)ccc2N1. The predicted octanol–water partition coefficient (Wildman–Crippen LogP) is 2.99. The molecule has 0 saturated heterocycles. The Morgan fingerprint density at radius 3 is 2.83 bits per heavy atom. The van der Waals surface area contributed by atoms with Crippen LogP contribution >= 0.6 is 11.6 Å². The van der Waals surface area contributed by atoms with Crippen LogP contribution in [0.4, 0.5) is 10.1 Å². The number of nitrogens with zero attached hydrogens (tertiary/aromatic N) is 1. The molecule has 1 aliphatic heterocycles. The van der Waals surface area contributed by atoms with Crippen LogP contribution in [0.15, 0.2) is 47.5 Å². The molecular formula is C17H15ClFN3O. The summed E-state index contributed by atoms with van der Waals surface area (Å²) in [6.07, 6.45) is 0.149. The fourth-order valence-electron chi connectivity index (χ4n) is 2.63. The van der Waals surface area contributed by atoms with E-state index in [4.69, 9.17) is 17.3 Å². The molecule has 3 rings (SSSR count). The quantitative estimate of drug-likeness (QED) is 0.908. The average molecular weight is 332 g/mol. The number of carbonyl (C=O) groups is 1. The Morgan fingerprint density at radius 2 is 2.09 bits per heavy atom. The Bertz CT molecular complexity index is 791. The van der Waals surface area contributed by atoms with Crippen LogP contribution in [0, 0.1) is 5.82 Å². The van der Waals surface area contributed by atoms with E-state index >= 15 is 0 Å². The Balaban J connectivity index is 2.11. The molecule has 0 radical (unpaired) electrons. The first-order valence-corrected chi connectivity index (χ1v) is 7.56. The zero-order chi connectivity index (χ0) is 16.4. The van der Waals surface area contributed by atoms with Gasteiger partial charge in [0.15, 0.2) is 0 Å². The van der Waals surface area contributed by atoms with E-state index in [0.717, 1.165) is 5.69 Å². The lowest BCUT2D eigenvalue weighted by Gasteiger charge is -2.16. The number of benzodiazepines with no additional fused rings is 1. The molecule has 1 heterocycles. The molecule has 118 valence electrons. The first kappa shape index (κ1) is 15.5. The molecule has 2 aromatic rings. The van der Waals surface area contributed by atoms with Gasteiger partial charge in [-0.15, -0.1) is 0 Å². The van der Waals surface area contributed by atoms with Gasteiger partial charge in [-0.25, -0.2) is 4.39 Å². The summed E-state index contributed by atoms with van der Waals surface area (Å²) in [6, 6.07) is 11.5. The van der Waals surface area contributed by atoms with Gasteiger partial charge in [0.25, 0.3) is 0 Å². The molecule has 0 aromatic heterocycles. The highest BCUT2D eigenvalue weighted by Crippen LogP contribution is 2.28. The molecule has 1 aliphatic rings. The van der Waals surface area contributed by atoms with Crippen molar-refractivity contribution >= 4 is 28.9 Å². The molecule has 1 atom stereocenters. The molecule has 1 amide bonds. The van der Waals surface area contributed by atoms with E-state index in [9.17, 15) is 9.18 Å². The van der Waals surface area contributed by atoms with Gasteiger partial charge in [0.1, 0.15) is 5.82 Å². The maximum absolute atomic E-state index is 14.2. The zero-order valence-corrected chi connectivity index (χ0v) is 13.0. The van der Waals surface area contributed by atoms with Gasteiger partial charge in [0, 0.05) is 28.3 Å². The fourth-order valence-corrected chi connectivity index (χ4v) is 2.80. The van der Waals surface area contributed by atoms with Gasteiger partial charge < -0.3 is 11.1 Å². The highest BCUT2D eigenvalue weighted by Gasteiger charge is 2.22. The molecule has 6 heteroatoms. The second kappa shape index (κ2) is 6.38. The number of hydrogen-bond acceptors (Lipinski definition) is 3. The summed E-state index contributed by atoms with van der Waals surface area (Å²) in [4.78, 5) is 15.7. The van der Waals surface area contributed by atoms with E-state index in [2.05, 4.69) is 10.3 Å². The molecule has 0 saturated carbocycles. The minimum atomic E-state index is -0.414. The third-order valence-corrected chi connectivity index (χ3v) is 3.88. The van der Waals surface area contributed by atoms with E-state index in [1.807, 2.05) is 0 Å². The van der Waals surface area contributed by atoms with Crippen molar-refractivity contribution in [1.82, 2.24) is 0 Å². The van der Waals surface area contributed by atoms with Crippen molar-refractivity contribution in [1.29, 1.82) is 0 Å². The normalized spacial score (nSPS) is 16.8. The fraction of sp³-hybridized carbons (Fsp3) is 0.176. The van der Waals surface area contributed by atoms with E-state index in [1.165, 1.54) is 6.07 Å². The number of amides is 1. The minimum absolute atomic E-state index is 0.149. The molecule has 0 bridgehead atoms. The van der Waals surface area contributed by atoms with Crippen molar-refractivity contribution in [3.8, 4) is 0 Å². The van der Waals surface area contributed by atoms with Crippen LogP contribution in [0.25, 0.3) is 0 Å². The molecule has 23 heavy (non-hydrogen) atoms. The largest absolute Gasteiger partial charge is 0.379 e. The summed E-state index contributed by atoms with van der Waals surface area (Å²) in [5.74, 6) is -0.770. The highest BCUT2D eigenvalue weighted by molar-refractivity contribution is 6.31. The van der Waals surface area contributed by atoms with Gasteiger partial charge in [0.05, 0.1) is 18.3 Å². The van der Waals surface area contributed by atoms with Gasteiger partial charge >= 0.3 is 0 Å². The third kappa shape index (κ3) is 3.35. The Labute approximate surface area is 138 Å². The summed E-state index contributed by atoms with van der Waals surface area (Å²) < 4.78 is 14.2. The van der Waals surface area contributed by atoms with Crippen molar-refractivity contribution < 1.29 is 9.18 Å². The van der Waals surface area contributed by atoms with Crippen molar-refractivity contribution in [3.63, 3.8) is 0 Å². The molecule has 2 aromatic carbocycles. The number of rotatable bonds is 3. The Hall–Kier alpha value is -2.40. The summed E-state index contributed by atoms with van der Waals surface area (Å²) in [6.45, 7) is 0.318. The van der Waals surface area contributed by atoms with Gasteiger partial charge in [-0.05, 0) is 30.3 Å². The van der Waals surface area contributed by atoms with Crippen molar-refractivity contribution in [2.45, 2.75) is 12.5 Å². The number of halogens is 2. The number of nitrogens with one attached hydrogen (secondary N) is 1. The zero-order valence-electron chi connectivity index (χ0n) is 12.2. The number of hydrogen-bond donors (Lipinski definition) is 2. The number of carbonyl (C=O) groups excluding carboxylic acids is 1. The first-order valence-electron chi connectivity index (χ1n) is 7.18. The lowest BCUT2D eigenvalue weighted by molar-refractivity contribution is -0.118. The second-order valence-corrected chi connectivity index (χ2v) is 5.81. The van der Waals surface area contributed by atoms with Crippen molar-refractivity contribution in [3.05, 3.63) is 64.4 Å². The first-order chi connectivity index (χ1) is 11.0. The highest BCUT2D eigenvalue weighted by atomic mass is 35.5. The maximum atomic E-state index is 14.2. The molecule has 1 unspecified atom stereocenters. The summed E-state index contributed by atoms with van der Waals surface area (Å²) in [5.41, 5.74) is 7.65. The third-order valence-electron chi connectivity index (χ3n) is 3.64. The van der Waals surface area contributed by atoms with Gasteiger partial charge in [-0.2, -0.15) is 0 Å². The van der Waals surface area contributed by atoms with Crippen LogP contribution in [0.3, 0.4) is 0 Å². The second-order valence-electron chi connectivity index (χ2n) is 5.37. The van der Waals surface area contributed by atoms with Crippen molar-refractivity contribution in [2.24, 2.45) is 10.7 Å². The number of benzene rings is 2. The van der Waals surface area contributed by atoms with Crippen LogP contribution in [0.5, 0.6) is 0 Å². The predicted molar refractivity (Wildman–Crippen MR) is 89.6 cm³/mol. The Morgan fingerprint density at radius 1 is 1.30 bits per heavy atom. The summed E-state index contributed by atoms with van der Waals surface area (Å²) in [5, 5.41) is 3.77. The van der Waals surface area contributed by atoms with Crippen LogP contribution in [-0.2, 0) is 4.79 Å². The van der Waals surface area contributed by atoms with E-state index in [1.54, 1.807) is 36.4 Å². The molecular weight excluding hydrogens is 317 g/mol. The molecule has 4 nitrogen and oxygen atoms in total. The standard InChI is InChI=1S/C17H15ClFN3O/c18-10-5-6-15-13(7-10)17(12-3-1-2-4-14(12)19)21-9-11(22-15)8-16(20)23/h1-7,11,22H,8-9H2,(H2,20,23). The summed E-state index contributed by atoms with van der Waals surface area (Å²) >= 11 is 6.09. The van der Waals surface area contributed by atoms with Gasteiger partial charge in [0.2, 0.25) is 5.91 Å².